The van der Waals surface area contributed by atoms with E-state index in [2.05, 4.69) is 58.4 Å². The van der Waals surface area contributed by atoms with Crippen LogP contribution in [0, 0.1) is 6.57 Å². The van der Waals surface area contributed by atoms with Gasteiger partial charge in [0, 0.05) is 42.3 Å². The average Bonchev–Trinajstić information content (AvgIpc) is 3.13. The zero-order valence-electron chi connectivity index (χ0n) is 20.4. The zero-order valence-corrected chi connectivity index (χ0v) is 20.4. The van der Waals surface area contributed by atoms with Crippen LogP contribution >= 0.6 is 0 Å². The Bertz CT molecular complexity index is 1530. The lowest BCUT2D eigenvalue weighted by Gasteiger charge is -2.20. The number of hydrogen-bond acceptors (Lipinski definition) is 6. The van der Waals surface area contributed by atoms with Crippen molar-refractivity contribution in [3.05, 3.63) is 75.3 Å². The van der Waals surface area contributed by atoms with Gasteiger partial charge >= 0.3 is 0 Å². The third-order valence-electron chi connectivity index (χ3n) is 6.30. The highest BCUT2D eigenvalue weighted by molar-refractivity contribution is 5.79. The summed E-state index contributed by atoms with van der Waals surface area (Å²) in [5, 5.41) is 7.08. The Morgan fingerprint density at radius 1 is 1.17 bits per heavy atom. The highest BCUT2D eigenvalue weighted by Crippen LogP contribution is 2.30. The van der Waals surface area contributed by atoms with Crippen molar-refractivity contribution in [3.8, 4) is 5.69 Å². The summed E-state index contributed by atoms with van der Waals surface area (Å²) in [5.74, 6) is 0.392. The van der Waals surface area contributed by atoms with E-state index >= 15 is 0 Å². The standard InChI is InChI=1S/C26H28N8O/c1-6-33-24(35)19-14-30-25(31-18-8-7-17-13-28-10-9-16(17)11-18)32-23(19)34(33)21-12-22(26(2,3)4)29-15-20(21)27-5/h7-8,11-12,14-15,28H,6,9-10,13H2,1-4H3,(H,30,31,32). The molecule has 0 bridgehead atoms. The topological polar surface area (TPSA) is 94.0 Å². The summed E-state index contributed by atoms with van der Waals surface area (Å²) in [5.41, 5.74) is 5.30. The molecule has 2 N–H and O–H groups in total. The molecule has 0 radical (unpaired) electrons. The van der Waals surface area contributed by atoms with Gasteiger partial charge in [-0.2, -0.15) is 4.98 Å². The molecule has 5 rings (SSSR count). The van der Waals surface area contributed by atoms with E-state index in [0.717, 1.165) is 30.9 Å². The smallest absolute Gasteiger partial charge is 0.278 e. The fraction of sp³-hybridized carbons (Fsp3) is 0.346. The normalized spacial score (nSPS) is 13.5. The Balaban J connectivity index is 1.66. The van der Waals surface area contributed by atoms with E-state index in [9.17, 15) is 4.79 Å². The van der Waals surface area contributed by atoms with Gasteiger partial charge in [0.15, 0.2) is 5.65 Å². The summed E-state index contributed by atoms with van der Waals surface area (Å²) in [6.45, 7) is 18.1. The summed E-state index contributed by atoms with van der Waals surface area (Å²) >= 11 is 0. The summed E-state index contributed by atoms with van der Waals surface area (Å²) in [6.07, 6.45) is 4.10. The first-order chi connectivity index (χ1) is 16.8. The number of benzene rings is 1. The fourth-order valence-electron chi connectivity index (χ4n) is 4.41. The van der Waals surface area contributed by atoms with Gasteiger partial charge in [-0.05, 0) is 49.2 Å². The van der Waals surface area contributed by atoms with Crippen LogP contribution in [0.15, 0.2) is 41.5 Å². The van der Waals surface area contributed by atoms with Gasteiger partial charge in [-0.3, -0.25) is 9.78 Å². The molecule has 3 aromatic heterocycles. The van der Waals surface area contributed by atoms with Crippen LogP contribution in [0.1, 0.15) is 44.5 Å². The number of pyridine rings is 1. The SMILES string of the molecule is [C-]#[N+]c1cnc(C(C)(C)C)cc1-n1c2nc(Nc3ccc4c(c3)CCNC4)ncc2c(=O)n1CC. The maximum absolute atomic E-state index is 13.2. The Morgan fingerprint density at radius 3 is 2.74 bits per heavy atom. The van der Waals surface area contributed by atoms with E-state index < -0.39 is 0 Å². The predicted molar refractivity (Wildman–Crippen MR) is 137 cm³/mol. The van der Waals surface area contributed by atoms with Crippen LogP contribution in [0.5, 0.6) is 0 Å². The van der Waals surface area contributed by atoms with Crippen molar-refractivity contribution >= 4 is 28.4 Å². The van der Waals surface area contributed by atoms with Gasteiger partial charge < -0.3 is 10.6 Å². The Hall–Kier alpha value is -4.03. The van der Waals surface area contributed by atoms with Crippen molar-refractivity contribution in [1.82, 2.24) is 29.6 Å². The summed E-state index contributed by atoms with van der Waals surface area (Å²) in [4.78, 5) is 30.5. The van der Waals surface area contributed by atoms with Gasteiger partial charge in [-0.15, -0.1) is 0 Å². The minimum atomic E-state index is -0.223. The lowest BCUT2D eigenvalue weighted by atomic mass is 9.91. The van der Waals surface area contributed by atoms with Crippen molar-refractivity contribution in [2.24, 2.45) is 0 Å². The summed E-state index contributed by atoms with van der Waals surface area (Å²) < 4.78 is 3.32. The summed E-state index contributed by atoms with van der Waals surface area (Å²) in [6, 6.07) is 8.13. The van der Waals surface area contributed by atoms with Gasteiger partial charge in [-0.1, -0.05) is 26.8 Å². The number of anilines is 2. The molecule has 0 atom stereocenters. The van der Waals surface area contributed by atoms with Crippen LogP contribution in [0.25, 0.3) is 21.6 Å². The second kappa shape index (κ2) is 8.64. The molecule has 0 unspecified atom stereocenters. The number of hydrogen-bond donors (Lipinski definition) is 2. The molecular weight excluding hydrogens is 440 g/mol. The molecule has 0 saturated carbocycles. The molecule has 4 heterocycles. The molecule has 9 heteroatoms. The first-order valence-corrected chi connectivity index (χ1v) is 11.8. The lowest BCUT2D eigenvalue weighted by molar-refractivity contribution is 0.558. The van der Waals surface area contributed by atoms with Crippen LogP contribution in [-0.2, 0) is 24.9 Å². The maximum atomic E-state index is 13.2. The first kappa shape index (κ1) is 22.7. The third-order valence-corrected chi connectivity index (χ3v) is 6.30. The van der Waals surface area contributed by atoms with Crippen molar-refractivity contribution in [1.29, 1.82) is 0 Å². The van der Waals surface area contributed by atoms with Crippen LogP contribution in [0.3, 0.4) is 0 Å². The molecule has 9 nitrogen and oxygen atoms in total. The van der Waals surface area contributed by atoms with Gasteiger partial charge in [0.25, 0.3) is 5.56 Å². The zero-order chi connectivity index (χ0) is 24.7. The van der Waals surface area contributed by atoms with Crippen molar-refractivity contribution in [3.63, 3.8) is 0 Å². The van der Waals surface area contributed by atoms with Crippen LogP contribution in [-0.4, -0.2) is 30.9 Å². The highest BCUT2D eigenvalue weighted by atomic mass is 16.1. The number of fused-ring (bicyclic) bond motifs is 2. The molecule has 0 spiro atoms. The lowest BCUT2D eigenvalue weighted by Crippen LogP contribution is -2.23. The molecule has 1 aliphatic rings. The molecule has 0 saturated heterocycles. The van der Waals surface area contributed by atoms with Crippen molar-refractivity contribution < 1.29 is 0 Å². The summed E-state index contributed by atoms with van der Waals surface area (Å²) in [7, 11) is 0. The van der Waals surface area contributed by atoms with Crippen molar-refractivity contribution in [2.75, 3.05) is 11.9 Å². The van der Waals surface area contributed by atoms with Crippen LogP contribution < -0.4 is 16.2 Å². The number of nitrogens with one attached hydrogen (secondary N) is 2. The fourth-order valence-corrected chi connectivity index (χ4v) is 4.41. The molecule has 35 heavy (non-hydrogen) atoms. The second-order valence-electron chi connectivity index (χ2n) is 9.72. The molecule has 1 aromatic carbocycles. The number of aromatic nitrogens is 5. The van der Waals surface area contributed by atoms with Crippen LogP contribution in [0.2, 0.25) is 0 Å². The van der Waals surface area contributed by atoms with Gasteiger partial charge in [0.1, 0.15) is 5.39 Å². The quantitative estimate of drug-likeness (QED) is 0.435. The van der Waals surface area contributed by atoms with Gasteiger partial charge in [0.2, 0.25) is 11.6 Å². The molecule has 178 valence electrons. The maximum Gasteiger partial charge on any atom is 0.278 e. The number of rotatable bonds is 4. The van der Waals surface area contributed by atoms with E-state index in [1.54, 1.807) is 21.8 Å². The van der Waals surface area contributed by atoms with E-state index in [0.29, 0.717) is 34.9 Å². The minimum absolute atomic E-state index is 0.194. The third kappa shape index (κ3) is 4.06. The highest BCUT2D eigenvalue weighted by Gasteiger charge is 2.23. The minimum Gasteiger partial charge on any atom is -0.324 e. The average molecular weight is 469 g/mol. The number of nitrogens with zero attached hydrogens (tertiary/aromatic N) is 6. The van der Waals surface area contributed by atoms with E-state index in [1.807, 2.05) is 19.1 Å². The van der Waals surface area contributed by atoms with Crippen molar-refractivity contribution in [2.45, 2.75) is 52.6 Å². The van der Waals surface area contributed by atoms with E-state index in [1.165, 1.54) is 11.1 Å². The monoisotopic (exact) mass is 468 g/mol. The molecule has 1 aliphatic heterocycles. The first-order valence-electron chi connectivity index (χ1n) is 11.8. The second-order valence-corrected chi connectivity index (χ2v) is 9.72. The molecule has 0 amide bonds. The molecule has 0 fully saturated rings. The Labute approximate surface area is 203 Å². The predicted octanol–water partition coefficient (Wildman–Crippen LogP) is 4.23. The van der Waals surface area contributed by atoms with E-state index in [-0.39, 0.29) is 11.0 Å². The molecular formula is C26H28N8O. The Kier molecular flexibility index (Phi) is 5.61. The van der Waals surface area contributed by atoms with Crippen LogP contribution in [0.4, 0.5) is 17.3 Å². The molecule has 0 aliphatic carbocycles. The largest absolute Gasteiger partial charge is 0.324 e. The van der Waals surface area contributed by atoms with Gasteiger partial charge in [-0.25, -0.2) is 19.2 Å². The van der Waals surface area contributed by atoms with Gasteiger partial charge in [0.05, 0.1) is 12.3 Å². The molecule has 4 aromatic rings. The Morgan fingerprint density at radius 2 is 2.00 bits per heavy atom. The van der Waals surface area contributed by atoms with E-state index in [4.69, 9.17) is 11.6 Å².